The molecule has 0 aliphatic carbocycles. The first kappa shape index (κ1) is 16.7. The largest absolute Gasteiger partial charge is 0.456 e. The summed E-state index contributed by atoms with van der Waals surface area (Å²) in [7, 11) is 0. The maximum Gasteiger partial charge on any atom is 0.307 e. The number of aromatic nitrogens is 1. The molecule has 0 unspecified atom stereocenters. The number of amides is 1. The third-order valence-electron chi connectivity index (χ3n) is 3.89. The van der Waals surface area contributed by atoms with Crippen LogP contribution >= 0.6 is 0 Å². The topological polar surface area (TPSA) is 59.5 Å². The second-order valence-electron chi connectivity index (χ2n) is 5.75. The molecule has 6 heteroatoms. The lowest BCUT2D eigenvalue weighted by atomic mass is 10.2. The second-order valence-corrected chi connectivity index (χ2v) is 5.75. The molecule has 0 atom stereocenters. The predicted octanol–water partition coefficient (Wildman–Crippen LogP) is 3.90. The molecule has 0 spiro atoms. The number of hydrazone groups is 1. The fraction of sp³-hybridized carbons (Fsp3) is 0.158. The van der Waals surface area contributed by atoms with E-state index in [0.29, 0.717) is 5.76 Å². The summed E-state index contributed by atoms with van der Waals surface area (Å²) in [4.78, 5) is 11.9. The van der Waals surface area contributed by atoms with E-state index in [-0.39, 0.29) is 11.6 Å². The van der Waals surface area contributed by atoms with E-state index in [4.69, 9.17) is 4.42 Å². The summed E-state index contributed by atoms with van der Waals surface area (Å²) >= 11 is 0. The van der Waals surface area contributed by atoms with Gasteiger partial charge in [-0.1, -0.05) is 0 Å². The molecule has 1 amide bonds. The van der Waals surface area contributed by atoms with Gasteiger partial charge in [0.2, 0.25) is 0 Å². The number of carbonyl (C=O) groups excluding carboxylic acids is 1. The minimum absolute atomic E-state index is 0.214. The summed E-state index contributed by atoms with van der Waals surface area (Å²) in [5.74, 6) is 0.198. The quantitative estimate of drug-likeness (QED) is 0.579. The third kappa shape index (κ3) is 3.52. The number of benzene rings is 1. The average Bonchev–Trinajstić information content (AvgIpc) is 3.13. The number of furan rings is 1. The number of carbonyl (C=O) groups is 1. The van der Waals surface area contributed by atoms with Gasteiger partial charge in [-0.3, -0.25) is 4.79 Å². The van der Waals surface area contributed by atoms with Gasteiger partial charge in [0, 0.05) is 22.6 Å². The van der Waals surface area contributed by atoms with Crippen LogP contribution in [-0.2, 0) is 0 Å². The summed E-state index contributed by atoms with van der Waals surface area (Å²) in [6.45, 7) is 5.66. The molecule has 0 aliphatic heterocycles. The SMILES string of the molecule is Cc1ccc(C(=O)N/N=C\c2cc(C)n(-c3ccc(F)cc3)c2C)o1. The van der Waals surface area contributed by atoms with Crippen LogP contribution in [0.15, 0.2) is 52.0 Å². The van der Waals surface area contributed by atoms with E-state index in [1.165, 1.54) is 12.1 Å². The van der Waals surface area contributed by atoms with Crippen LogP contribution in [0, 0.1) is 26.6 Å². The monoisotopic (exact) mass is 339 g/mol. The second kappa shape index (κ2) is 6.76. The van der Waals surface area contributed by atoms with Crippen LogP contribution in [-0.4, -0.2) is 16.7 Å². The first-order valence-corrected chi connectivity index (χ1v) is 7.80. The Morgan fingerprint density at radius 3 is 2.52 bits per heavy atom. The van der Waals surface area contributed by atoms with Crippen LogP contribution in [0.2, 0.25) is 0 Å². The van der Waals surface area contributed by atoms with Gasteiger partial charge in [0.15, 0.2) is 5.76 Å². The van der Waals surface area contributed by atoms with Crippen LogP contribution in [0.1, 0.15) is 33.3 Å². The summed E-state index contributed by atoms with van der Waals surface area (Å²) < 4.78 is 20.4. The van der Waals surface area contributed by atoms with Crippen LogP contribution < -0.4 is 5.43 Å². The minimum Gasteiger partial charge on any atom is -0.456 e. The van der Waals surface area contributed by atoms with Crippen molar-refractivity contribution in [2.24, 2.45) is 5.10 Å². The number of hydrogen-bond acceptors (Lipinski definition) is 3. The van der Waals surface area contributed by atoms with Gasteiger partial charge in [-0.05, 0) is 63.2 Å². The Hall–Kier alpha value is -3.15. The Bertz CT molecular complexity index is 936. The molecule has 1 aromatic carbocycles. The molecule has 3 aromatic rings. The summed E-state index contributed by atoms with van der Waals surface area (Å²) in [5.41, 5.74) is 6.09. The molecule has 0 bridgehead atoms. The molecule has 5 nitrogen and oxygen atoms in total. The van der Waals surface area contributed by atoms with Crippen LogP contribution in [0.3, 0.4) is 0 Å². The van der Waals surface area contributed by atoms with E-state index in [2.05, 4.69) is 10.5 Å². The molecular weight excluding hydrogens is 321 g/mol. The standard InChI is InChI=1S/C19H18FN3O2/c1-12-10-15(11-21-22-19(24)18-9-4-13(2)25-18)14(3)23(12)17-7-5-16(20)6-8-17/h4-11H,1-3H3,(H,22,24)/b21-11-. The molecule has 2 aromatic heterocycles. The Labute approximate surface area is 144 Å². The van der Waals surface area contributed by atoms with Gasteiger partial charge in [0.25, 0.3) is 0 Å². The Balaban J connectivity index is 1.78. The Morgan fingerprint density at radius 2 is 1.88 bits per heavy atom. The van der Waals surface area contributed by atoms with Gasteiger partial charge in [-0.15, -0.1) is 0 Å². The molecule has 25 heavy (non-hydrogen) atoms. The number of nitrogens with one attached hydrogen (secondary N) is 1. The lowest BCUT2D eigenvalue weighted by Crippen LogP contribution is -2.16. The number of rotatable bonds is 4. The first-order valence-electron chi connectivity index (χ1n) is 7.80. The van der Waals surface area contributed by atoms with Crippen LogP contribution in [0.5, 0.6) is 0 Å². The predicted molar refractivity (Wildman–Crippen MR) is 93.7 cm³/mol. The average molecular weight is 339 g/mol. The van der Waals surface area contributed by atoms with Crippen molar-refractivity contribution in [2.45, 2.75) is 20.8 Å². The van der Waals surface area contributed by atoms with Crippen molar-refractivity contribution in [3.8, 4) is 5.69 Å². The maximum absolute atomic E-state index is 13.1. The van der Waals surface area contributed by atoms with Crippen LogP contribution in [0.4, 0.5) is 4.39 Å². The van der Waals surface area contributed by atoms with Gasteiger partial charge in [0.1, 0.15) is 11.6 Å². The van der Waals surface area contributed by atoms with Crippen LogP contribution in [0.25, 0.3) is 5.69 Å². The van der Waals surface area contributed by atoms with Gasteiger partial charge < -0.3 is 8.98 Å². The van der Waals surface area contributed by atoms with Gasteiger partial charge in [-0.25, -0.2) is 9.82 Å². The van der Waals surface area contributed by atoms with E-state index in [1.54, 1.807) is 37.4 Å². The molecule has 0 saturated heterocycles. The molecule has 0 saturated carbocycles. The number of aryl methyl sites for hydroxylation is 2. The van der Waals surface area contributed by atoms with Gasteiger partial charge in [0.05, 0.1) is 6.21 Å². The number of nitrogens with zero attached hydrogens (tertiary/aromatic N) is 2. The fourth-order valence-electron chi connectivity index (χ4n) is 2.68. The van der Waals surface area contributed by atoms with E-state index in [9.17, 15) is 9.18 Å². The fourth-order valence-corrected chi connectivity index (χ4v) is 2.68. The molecular formula is C19H18FN3O2. The molecule has 2 heterocycles. The maximum atomic E-state index is 13.1. The van der Waals surface area contributed by atoms with Crippen molar-refractivity contribution in [3.05, 3.63) is 76.8 Å². The number of halogens is 1. The van der Waals surface area contributed by atoms with E-state index in [0.717, 1.165) is 22.6 Å². The van der Waals surface area contributed by atoms with E-state index >= 15 is 0 Å². The zero-order valence-electron chi connectivity index (χ0n) is 14.2. The Kier molecular flexibility index (Phi) is 4.52. The third-order valence-corrected chi connectivity index (χ3v) is 3.89. The number of hydrogen-bond donors (Lipinski definition) is 1. The highest BCUT2D eigenvalue weighted by Crippen LogP contribution is 2.20. The highest BCUT2D eigenvalue weighted by Gasteiger charge is 2.11. The zero-order valence-corrected chi connectivity index (χ0v) is 14.2. The summed E-state index contributed by atoms with van der Waals surface area (Å²) in [5, 5.41) is 3.99. The van der Waals surface area contributed by atoms with Crippen molar-refractivity contribution in [2.75, 3.05) is 0 Å². The highest BCUT2D eigenvalue weighted by atomic mass is 19.1. The van der Waals surface area contributed by atoms with E-state index < -0.39 is 5.91 Å². The van der Waals surface area contributed by atoms with Crippen molar-refractivity contribution in [3.63, 3.8) is 0 Å². The molecule has 0 radical (unpaired) electrons. The Morgan fingerprint density at radius 1 is 1.16 bits per heavy atom. The van der Waals surface area contributed by atoms with Crippen molar-refractivity contribution >= 4 is 12.1 Å². The first-order chi connectivity index (χ1) is 12.0. The van der Waals surface area contributed by atoms with Gasteiger partial charge in [-0.2, -0.15) is 5.10 Å². The lowest BCUT2D eigenvalue weighted by Gasteiger charge is -2.09. The normalized spacial score (nSPS) is 11.2. The minimum atomic E-state index is -0.406. The van der Waals surface area contributed by atoms with Gasteiger partial charge >= 0.3 is 5.91 Å². The highest BCUT2D eigenvalue weighted by molar-refractivity contribution is 5.92. The summed E-state index contributed by atoms with van der Waals surface area (Å²) in [6, 6.07) is 11.6. The van der Waals surface area contributed by atoms with Crippen molar-refractivity contribution in [1.82, 2.24) is 9.99 Å². The molecule has 128 valence electrons. The lowest BCUT2D eigenvalue weighted by molar-refractivity contribution is 0.0926. The molecule has 3 rings (SSSR count). The molecule has 0 aliphatic rings. The zero-order chi connectivity index (χ0) is 18.0. The van der Waals surface area contributed by atoms with Crippen molar-refractivity contribution in [1.29, 1.82) is 0 Å². The van der Waals surface area contributed by atoms with Crippen molar-refractivity contribution < 1.29 is 13.6 Å². The van der Waals surface area contributed by atoms with E-state index in [1.807, 2.05) is 24.5 Å². The molecule has 1 N–H and O–H groups in total. The molecule has 0 fully saturated rings. The smallest absolute Gasteiger partial charge is 0.307 e. The summed E-state index contributed by atoms with van der Waals surface area (Å²) in [6.07, 6.45) is 1.58.